The Balaban J connectivity index is 1.73. The predicted octanol–water partition coefficient (Wildman–Crippen LogP) is 2.20. The minimum atomic E-state index is -0.252. The molecule has 0 bridgehead atoms. The molecule has 1 atom stereocenters. The molecule has 1 aromatic heterocycles. The molecule has 0 fully saturated rings. The van der Waals surface area contributed by atoms with Crippen molar-refractivity contribution in [2.45, 2.75) is 25.8 Å². The van der Waals surface area contributed by atoms with E-state index in [1.807, 2.05) is 42.6 Å². The van der Waals surface area contributed by atoms with Crippen LogP contribution in [0.2, 0.25) is 0 Å². The van der Waals surface area contributed by atoms with Crippen molar-refractivity contribution in [1.82, 2.24) is 10.3 Å². The molecule has 0 spiro atoms. The fraction of sp³-hybridized carbons (Fsp3) is 0.333. The van der Waals surface area contributed by atoms with Crippen molar-refractivity contribution in [2.24, 2.45) is 5.73 Å². The summed E-state index contributed by atoms with van der Waals surface area (Å²) in [6, 6.07) is 9.42. The van der Waals surface area contributed by atoms with Crippen molar-refractivity contribution >= 4 is 17.2 Å². The molecule has 1 heterocycles. The van der Waals surface area contributed by atoms with E-state index in [1.54, 1.807) is 11.3 Å². The summed E-state index contributed by atoms with van der Waals surface area (Å²) < 4.78 is 0. The largest absolute Gasteiger partial charge is 0.356 e. The van der Waals surface area contributed by atoms with Gasteiger partial charge in [0.1, 0.15) is 0 Å². The molecule has 0 aliphatic rings. The van der Waals surface area contributed by atoms with Crippen LogP contribution in [0, 0.1) is 6.92 Å². The lowest BCUT2D eigenvalue weighted by Crippen LogP contribution is -2.29. The van der Waals surface area contributed by atoms with Crippen LogP contribution in [0.25, 0.3) is 0 Å². The fourth-order valence-electron chi connectivity index (χ4n) is 1.94. The highest BCUT2D eigenvalue weighted by atomic mass is 32.1. The summed E-state index contributed by atoms with van der Waals surface area (Å²) in [5.74, 6) is -0.0201. The maximum Gasteiger partial charge on any atom is 0.221 e. The molecule has 2 rings (SSSR count). The molecule has 20 heavy (non-hydrogen) atoms. The summed E-state index contributed by atoms with van der Waals surface area (Å²) in [5.41, 5.74) is 8.02. The Hall–Kier alpha value is -1.72. The number of hydrogen-bond acceptors (Lipinski definition) is 4. The number of benzene rings is 1. The number of nitrogens with one attached hydrogen (secondary N) is 1. The van der Waals surface area contributed by atoms with Crippen LogP contribution in [0.3, 0.4) is 0 Å². The average molecular weight is 289 g/mol. The normalized spacial score (nSPS) is 12.1. The van der Waals surface area contributed by atoms with Gasteiger partial charge in [0, 0.05) is 30.8 Å². The molecule has 0 unspecified atom stereocenters. The second-order valence-corrected chi connectivity index (χ2v) is 5.74. The Morgan fingerprint density at radius 2 is 2.15 bits per heavy atom. The zero-order chi connectivity index (χ0) is 14.4. The SMILES string of the molecule is Cc1nc(CCNC(=O)C[C@H](N)c2ccccc2)cs1. The highest BCUT2D eigenvalue weighted by Gasteiger charge is 2.11. The Labute approximate surface area is 123 Å². The topological polar surface area (TPSA) is 68.0 Å². The molecule has 2 aromatic rings. The van der Waals surface area contributed by atoms with Crippen molar-refractivity contribution in [3.05, 3.63) is 52.0 Å². The second kappa shape index (κ2) is 7.17. The van der Waals surface area contributed by atoms with Gasteiger partial charge in [-0.3, -0.25) is 4.79 Å². The summed E-state index contributed by atoms with van der Waals surface area (Å²) >= 11 is 1.63. The summed E-state index contributed by atoms with van der Waals surface area (Å²) in [5, 5.41) is 5.96. The molecule has 3 N–H and O–H groups in total. The van der Waals surface area contributed by atoms with Crippen molar-refractivity contribution in [3.63, 3.8) is 0 Å². The summed E-state index contributed by atoms with van der Waals surface area (Å²) in [6.45, 7) is 2.58. The molecular formula is C15H19N3OS. The third-order valence-corrected chi connectivity index (χ3v) is 3.83. The van der Waals surface area contributed by atoms with Gasteiger partial charge in [0.2, 0.25) is 5.91 Å². The maximum atomic E-state index is 11.8. The molecular weight excluding hydrogens is 270 g/mol. The molecule has 5 heteroatoms. The Morgan fingerprint density at radius 1 is 1.40 bits per heavy atom. The minimum absolute atomic E-state index is 0.0201. The highest BCUT2D eigenvalue weighted by molar-refractivity contribution is 7.09. The number of nitrogens with two attached hydrogens (primary N) is 1. The number of carbonyl (C=O) groups is 1. The van der Waals surface area contributed by atoms with Crippen molar-refractivity contribution < 1.29 is 4.79 Å². The number of amides is 1. The van der Waals surface area contributed by atoms with E-state index in [2.05, 4.69) is 10.3 Å². The third-order valence-electron chi connectivity index (χ3n) is 3.00. The molecule has 106 valence electrons. The monoisotopic (exact) mass is 289 g/mol. The predicted molar refractivity (Wildman–Crippen MR) is 81.6 cm³/mol. The number of aromatic nitrogens is 1. The van der Waals surface area contributed by atoms with Crippen LogP contribution in [-0.4, -0.2) is 17.4 Å². The van der Waals surface area contributed by atoms with Gasteiger partial charge in [-0.15, -0.1) is 11.3 Å². The molecule has 1 aromatic carbocycles. The van der Waals surface area contributed by atoms with Gasteiger partial charge in [-0.1, -0.05) is 30.3 Å². The van der Waals surface area contributed by atoms with Gasteiger partial charge in [-0.05, 0) is 12.5 Å². The summed E-state index contributed by atoms with van der Waals surface area (Å²) in [4.78, 5) is 16.2. The van der Waals surface area contributed by atoms with Crippen LogP contribution < -0.4 is 11.1 Å². The Bertz CT molecular complexity index is 553. The first-order valence-electron chi connectivity index (χ1n) is 6.63. The van der Waals surface area contributed by atoms with Gasteiger partial charge in [0.05, 0.1) is 10.7 Å². The second-order valence-electron chi connectivity index (χ2n) is 4.68. The average Bonchev–Trinajstić information content (AvgIpc) is 2.85. The Kier molecular flexibility index (Phi) is 5.26. The number of nitrogens with zero attached hydrogens (tertiary/aromatic N) is 1. The molecule has 0 aliphatic heterocycles. The van der Waals surface area contributed by atoms with Crippen molar-refractivity contribution in [3.8, 4) is 0 Å². The zero-order valence-corrected chi connectivity index (χ0v) is 12.3. The summed E-state index contributed by atoms with van der Waals surface area (Å²) in [6.07, 6.45) is 1.07. The molecule has 0 aliphatic carbocycles. The van der Waals surface area contributed by atoms with Crippen LogP contribution in [0.1, 0.15) is 28.7 Å². The smallest absolute Gasteiger partial charge is 0.221 e. The van der Waals surface area contributed by atoms with E-state index in [0.717, 1.165) is 22.7 Å². The fourth-order valence-corrected chi connectivity index (χ4v) is 2.59. The van der Waals surface area contributed by atoms with Crippen molar-refractivity contribution in [1.29, 1.82) is 0 Å². The van der Waals surface area contributed by atoms with E-state index in [0.29, 0.717) is 13.0 Å². The Morgan fingerprint density at radius 3 is 2.80 bits per heavy atom. The van der Waals surface area contributed by atoms with E-state index in [4.69, 9.17) is 5.73 Å². The molecule has 0 radical (unpaired) electrons. The van der Waals surface area contributed by atoms with E-state index in [-0.39, 0.29) is 11.9 Å². The molecule has 0 saturated carbocycles. The maximum absolute atomic E-state index is 11.8. The van der Waals surface area contributed by atoms with Crippen LogP contribution in [0.4, 0.5) is 0 Å². The van der Waals surface area contributed by atoms with E-state index in [9.17, 15) is 4.79 Å². The van der Waals surface area contributed by atoms with Crippen molar-refractivity contribution in [2.75, 3.05) is 6.54 Å². The molecule has 0 saturated heterocycles. The lowest BCUT2D eigenvalue weighted by atomic mass is 10.0. The van der Waals surface area contributed by atoms with E-state index >= 15 is 0 Å². The van der Waals surface area contributed by atoms with Gasteiger partial charge in [0.25, 0.3) is 0 Å². The van der Waals surface area contributed by atoms with Crippen LogP contribution >= 0.6 is 11.3 Å². The van der Waals surface area contributed by atoms with Gasteiger partial charge in [-0.25, -0.2) is 4.98 Å². The standard InChI is InChI=1S/C15H19N3OS/c1-11-18-13(10-20-11)7-8-17-15(19)9-14(16)12-5-3-2-4-6-12/h2-6,10,14H,7-9,16H2,1H3,(H,17,19)/t14-/m0/s1. The van der Waals surface area contributed by atoms with Gasteiger partial charge in [-0.2, -0.15) is 0 Å². The van der Waals surface area contributed by atoms with E-state index in [1.165, 1.54) is 0 Å². The lowest BCUT2D eigenvalue weighted by Gasteiger charge is -2.11. The first kappa shape index (κ1) is 14.7. The zero-order valence-electron chi connectivity index (χ0n) is 11.5. The molecule has 1 amide bonds. The highest BCUT2D eigenvalue weighted by Crippen LogP contribution is 2.13. The quantitative estimate of drug-likeness (QED) is 0.856. The minimum Gasteiger partial charge on any atom is -0.356 e. The number of carbonyl (C=O) groups excluding carboxylic acids is 1. The lowest BCUT2D eigenvalue weighted by molar-refractivity contribution is -0.121. The van der Waals surface area contributed by atoms with E-state index < -0.39 is 0 Å². The number of thiazole rings is 1. The molecule has 4 nitrogen and oxygen atoms in total. The number of rotatable bonds is 6. The first-order chi connectivity index (χ1) is 9.65. The number of hydrogen-bond donors (Lipinski definition) is 2. The van der Waals surface area contributed by atoms with Crippen LogP contribution in [0.15, 0.2) is 35.7 Å². The van der Waals surface area contributed by atoms with Gasteiger partial charge >= 0.3 is 0 Å². The number of aryl methyl sites for hydroxylation is 1. The van der Waals surface area contributed by atoms with Crippen LogP contribution in [0.5, 0.6) is 0 Å². The van der Waals surface area contributed by atoms with Gasteiger partial charge in [0.15, 0.2) is 0 Å². The first-order valence-corrected chi connectivity index (χ1v) is 7.51. The summed E-state index contributed by atoms with van der Waals surface area (Å²) in [7, 11) is 0. The third kappa shape index (κ3) is 4.43. The van der Waals surface area contributed by atoms with Crippen LogP contribution in [-0.2, 0) is 11.2 Å². The van der Waals surface area contributed by atoms with Gasteiger partial charge < -0.3 is 11.1 Å².